The zero-order valence-electron chi connectivity index (χ0n) is 24.1. The molecule has 5 rings (SSSR count). The Labute approximate surface area is 252 Å². The number of nitrogens with zero attached hydrogens (tertiary/aromatic N) is 4. The molecule has 3 heterocycles. The fourth-order valence-electron chi connectivity index (χ4n) is 5.01. The highest BCUT2D eigenvalue weighted by molar-refractivity contribution is 6.00. The molecule has 44 heavy (non-hydrogen) atoms. The summed E-state index contributed by atoms with van der Waals surface area (Å²) in [5, 5.41) is 7.84. The van der Waals surface area contributed by atoms with Crippen molar-refractivity contribution < 1.29 is 31.9 Å². The van der Waals surface area contributed by atoms with Gasteiger partial charge in [0.1, 0.15) is 23.0 Å². The number of ether oxygens (including phenoxy) is 1. The second-order valence-electron chi connectivity index (χ2n) is 10.7. The third-order valence-corrected chi connectivity index (χ3v) is 7.44. The molecule has 2 aromatic carbocycles. The van der Waals surface area contributed by atoms with E-state index in [0.717, 1.165) is 25.2 Å². The number of piperazine rings is 2. The van der Waals surface area contributed by atoms with Crippen LogP contribution in [0.3, 0.4) is 0 Å². The first kappa shape index (κ1) is 31.2. The van der Waals surface area contributed by atoms with Crippen LogP contribution in [0.15, 0.2) is 54.7 Å². The molecule has 1 aromatic heterocycles. The minimum atomic E-state index is -4.62. The quantitative estimate of drug-likeness (QED) is 0.337. The van der Waals surface area contributed by atoms with Gasteiger partial charge in [0, 0.05) is 82.9 Å². The number of rotatable bonds is 7. The monoisotopic (exact) mass is 615 g/mol. The number of hydrogen-bond donors (Lipinski definition) is 3. The van der Waals surface area contributed by atoms with Gasteiger partial charge in [0.2, 0.25) is 0 Å². The Bertz CT molecular complexity index is 1490. The molecule has 2 aliphatic heterocycles. The molecule has 10 nitrogen and oxygen atoms in total. The van der Waals surface area contributed by atoms with E-state index in [4.69, 9.17) is 4.74 Å². The summed E-state index contributed by atoms with van der Waals surface area (Å²) in [6, 6.07) is 9.42. The summed E-state index contributed by atoms with van der Waals surface area (Å²) in [5.41, 5.74) is -0.816. The topological polar surface area (TPSA) is 102 Å². The van der Waals surface area contributed by atoms with Crippen LogP contribution in [0.4, 0.5) is 33.7 Å². The predicted octanol–water partition coefficient (Wildman–Crippen LogP) is 4.47. The van der Waals surface area contributed by atoms with Crippen LogP contribution in [0.2, 0.25) is 0 Å². The molecule has 2 aliphatic rings. The number of carbonyl (C=O) groups excluding carboxylic acids is 2. The Kier molecular flexibility index (Phi) is 9.61. The van der Waals surface area contributed by atoms with E-state index in [-0.39, 0.29) is 46.6 Å². The molecular formula is C30H33F4N7O3. The third-order valence-electron chi connectivity index (χ3n) is 7.44. The van der Waals surface area contributed by atoms with Gasteiger partial charge in [-0.15, -0.1) is 0 Å². The average molecular weight is 616 g/mol. The summed E-state index contributed by atoms with van der Waals surface area (Å²) in [7, 11) is 1.97. The molecule has 3 aromatic rings. The van der Waals surface area contributed by atoms with Crippen LogP contribution in [-0.4, -0.2) is 91.0 Å². The molecular weight excluding hydrogens is 582 g/mol. The van der Waals surface area contributed by atoms with Gasteiger partial charge in [0.15, 0.2) is 0 Å². The molecule has 2 fully saturated rings. The number of nitrogens with one attached hydrogen (secondary N) is 3. The Morgan fingerprint density at radius 3 is 2.36 bits per heavy atom. The Balaban J connectivity index is 1.21. The second-order valence-corrected chi connectivity index (χ2v) is 10.7. The van der Waals surface area contributed by atoms with E-state index in [1.807, 2.05) is 11.9 Å². The van der Waals surface area contributed by atoms with E-state index in [1.54, 1.807) is 4.90 Å². The number of amides is 3. The molecule has 0 unspecified atom stereocenters. The summed E-state index contributed by atoms with van der Waals surface area (Å²) in [5.74, 6) is -0.693. The SMILES string of the molecule is CN1CCN(Cc2ccc(NC(=O)Nc3ccc(Oc4ccnc(C(=O)N5CCNCC5)c4)cc3F)cc2C(F)(F)F)CC1. The molecule has 3 amide bonds. The number of halogens is 4. The number of likely N-dealkylation sites (N-methyl/N-ethyl adjacent to an activating group) is 1. The van der Waals surface area contributed by atoms with Gasteiger partial charge >= 0.3 is 12.2 Å². The molecule has 0 spiro atoms. The molecule has 0 saturated carbocycles. The van der Waals surface area contributed by atoms with E-state index >= 15 is 0 Å². The Hall–Kier alpha value is -4.27. The fourth-order valence-corrected chi connectivity index (χ4v) is 5.01. The molecule has 0 aliphatic carbocycles. The van der Waals surface area contributed by atoms with Crippen molar-refractivity contribution in [2.75, 3.05) is 70.0 Å². The fraction of sp³-hybridized carbons (Fsp3) is 0.367. The third kappa shape index (κ3) is 8.01. The van der Waals surface area contributed by atoms with Crippen molar-refractivity contribution >= 4 is 23.3 Å². The number of pyridine rings is 1. The lowest BCUT2D eigenvalue weighted by Crippen LogP contribution is -2.46. The van der Waals surface area contributed by atoms with Crippen molar-refractivity contribution in [1.82, 2.24) is 25.0 Å². The first-order valence-electron chi connectivity index (χ1n) is 14.2. The number of carbonyl (C=O) groups is 2. The Morgan fingerprint density at radius 1 is 0.932 bits per heavy atom. The van der Waals surface area contributed by atoms with Gasteiger partial charge in [0.25, 0.3) is 5.91 Å². The van der Waals surface area contributed by atoms with Crippen molar-refractivity contribution in [2.24, 2.45) is 0 Å². The van der Waals surface area contributed by atoms with Crippen LogP contribution >= 0.6 is 0 Å². The van der Waals surface area contributed by atoms with Gasteiger partial charge in [-0.25, -0.2) is 9.18 Å². The maximum Gasteiger partial charge on any atom is 0.416 e. The lowest BCUT2D eigenvalue weighted by Gasteiger charge is -2.33. The van der Waals surface area contributed by atoms with Crippen LogP contribution in [0.5, 0.6) is 11.5 Å². The highest BCUT2D eigenvalue weighted by atomic mass is 19.4. The summed E-state index contributed by atoms with van der Waals surface area (Å²) >= 11 is 0. The van der Waals surface area contributed by atoms with E-state index in [1.165, 1.54) is 42.6 Å². The summed E-state index contributed by atoms with van der Waals surface area (Å²) in [6.45, 7) is 5.51. The first-order chi connectivity index (χ1) is 21.0. The molecule has 0 bridgehead atoms. The van der Waals surface area contributed by atoms with Crippen molar-refractivity contribution in [3.8, 4) is 11.5 Å². The summed E-state index contributed by atoms with van der Waals surface area (Å²) in [6.07, 6.45) is -3.20. The highest BCUT2D eigenvalue weighted by Gasteiger charge is 2.34. The van der Waals surface area contributed by atoms with E-state index in [2.05, 4.69) is 25.8 Å². The van der Waals surface area contributed by atoms with Gasteiger partial charge in [-0.2, -0.15) is 13.2 Å². The normalized spacial score (nSPS) is 16.4. The molecule has 234 valence electrons. The van der Waals surface area contributed by atoms with Crippen LogP contribution in [0.25, 0.3) is 0 Å². The van der Waals surface area contributed by atoms with Crippen molar-refractivity contribution in [2.45, 2.75) is 12.7 Å². The van der Waals surface area contributed by atoms with Crippen LogP contribution in [0.1, 0.15) is 21.6 Å². The molecule has 0 radical (unpaired) electrons. The predicted molar refractivity (Wildman–Crippen MR) is 156 cm³/mol. The maximum absolute atomic E-state index is 14.9. The lowest BCUT2D eigenvalue weighted by atomic mass is 10.0. The van der Waals surface area contributed by atoms with Gasteiger partial charge in [-0.05, 0) is 42.9 Å². The number of urea groups is 1. The van der Waals surface area contributed by atoms with Crippen molar-refractivity contribution in [3.05, 3.63) is 77.4 Å². The van der Waals surface area contributed by atoms with Gasteiger partial charge in [-0.3, -0.25) is 14.7 Å². The van der Waals surface area contributed by atoms with Gasteiger partial charge < -0.3 is 30.5 Å². The van der Waals surface area contributed by atoms with E-state index in [9.17, 15) is 27.2 Å². The van der Waals surface area contributed by atoms with Crippen LogP contribution in [0, 0.1) is 5.82 Å². The first-order valence-corrected chi connectivity index (χ1v) is 14.2. The number of alkyl halides is 3. The molecule has 0 atom stereocenters. The number of anilines is 2. The van der Waals surface area contributed by atoms with E-state index in [0.29, 0.717) is 39.3 Å². The van der Waals surface area contributed by atoms with Crippen LogP contribution in [-0.2, 0) is 12.7 Å². The number of benzene rings is 2. The maximum atomic E-state index is 14.9. The van der Waals surface area contributed by atoms with Crippen LogP contribution < -0.4 is 20.7 Å². The molecule has 3 N–H and O–H groups in total. The second kappa shape index (κ2) is 13.6. The Morgan fingerprint density at radius 2 is 1.66 bits per heavy atom. The smallest absolute Gasteiger partial charge is 0.416 e. The number of aromatic nitrogens is 1. The largest absolute Gasteiger partial charge is 0.457 e. The van der Waals surface area contributed by atoms with Crippen molar-refractivity contribution in [3.63, 3.8) is 0 Å². The standard InChI is InChI=1S/C30H33F4N7O3/c1-39-12-14-40(15-13-39)19-20-2-3-21(16-24(20)30(32,33)34)37-29(43)38-26-5-4-22(17-25(26)31)44-23-6-7-36-27(18-23)28(42)41-10-8-35-9-11-41/h2-7,16-18,35H,8-15,19H2,1H3,(H2,37,38,43). The van der Waals surface area contributed by atoms with Crippen molar-refractivity contribution in [1.29, 1.82) is 0 Å². The van der Waals surface area contributed by atoms with E-state index < -0.39 is 23.6 Å². The van der Waals surface area contributed by atoms with Gasteiger partial charge in [-0.1, -0.05) is 6.07 Å². The zero-order valence-corrected chi connectivity index (χ0v) is 24.1. The van der Waals surface area contributed by atoms with Gasteiger partial charge in [0.05, 0.1) is 11.3 Å². The molecule has 14 heteroatoms. The minimum Gasteiger partial charge on any atom is -0.457 e. The highest BCUT2D eigenvalue weighted by Crippen LogP contribution is 2.35. The zero-order chi connectivity index (χ0) is 31.3. The average Bonchev–Trinajstić information content (AvgIpc) is 3.00. The lowest BCUT2D eigenvalue weighted by molar-refractivity contribution is -0.138. The summed E-state index contributed by atoms with van der Waals surface area (Å²) < 4.78 is 62.2. The minimum absolute atomic E-state index is 0.0823. The molecule has 2 saturated heterocycles. The summed E-state index contributed by atoms with van der Waals surface area (Å²) in [4.78, 5) is 35.2. The number of hydrogen-bond acceptors (Lipinski definition) is 7.